The van der Waals surface area contributed by atoms with E-state index >= 15 is 0 Å². The Labute approximate surface area is 101 Å². The number of hydrogen-bond donors (Lipinski definition) is 1. The van der Waals surface area contributed by atoms with Crippen molar-refractivity contribution in [2.24, 2.45) is 0 Å². The molecule has 3 nitrogen and oxygen atoms in total. The van der Waals surface area contributed by atoms with Crippen LogP contribution >= 0.6 is 0 Å². The number of aromatic nitrogens is 1. The Bertz CT molecular complexity index is 571. The Hall–Kier alpha value is -1.77. The summed E-state index contributed by atoms with van der Waals surface area (Å²) < 4.78 is 1.88. The molecule has 1 heterocycles. The molecule has 3 heteroatoms. The van der Waals surface area contributed by atoms with Gasteiger partial charge in [0, 0.05) is 17.1 Å². The number of aliphatic carboxylic acids is 1. The van der Waals surface area contributed by atoms with Crippen LogP contribution in [0.15, 0.2) is 30.5 Å². The maximum atomic E-state index is 11.5. The highest BCUT2D eigenvalue weighted by molar-refractivity contribution is 5.87. The number of carboxylic acids is 1. The number of benzene rings is 1. The highest BCUT2D eigenvalue weighted by atomic mass is 16.4. The van der Waals surface area contributed by atoms with Crippen LogP contribution in [0, 0.1) is 6.92 Å². The van der Waals surface area contributed by atoms with Crippen molar-refractivity contribution in [1.29, 1.82) is 0 Å². The minimum absolute atomic E-state index is 0.556. The lowest BCUT2D eigenvalue weighted by atomic mass is 9.98. The van der Waals surface area contributed by atoms with Crippen LogP contribution < -0.4 is 0 Å². The first-order chi connectivity index (χ1) is 8.00. The second-order valence-corrected chi connectivity index (χ2v) is 4.63. The summed E-state index contributed by atoms with van der Waals surface area (Å²) in [7, 11) is 0. The maximum Gasteiger partial charge on any atom is 0.329 e. The predicted octanol–water partition coefficient (Wildman–Crippen LogP) is 3.16. The Morgan fingerprint density at radius 1 is 1.41 bits per heavy atom. The van der Waals surface area contributed by atoms with E-state index in [-0.39, 0.29) is 0 Å². The summed E-state index contributed by atoms with van der Waals surface area (Å²) in [6, 6.07) is 7.91. The van der Waals surface area contributed by atoms with Gasteiger partial charge in [0.1, 0.15) is 5.54 Å². The lowest BCUT2D eigenvalue weighted by molar-refractivity contribution is -0.146. The third-order valence-electron chi connectivity index (χ3n) is 3.59. The molecule has 1 unspecified atom stereocenters. The van der Waals surface area contributed by atoms with Gasteiger partial charge in [-0.2, -0.15) is 0 Å². The molecule has 1 atom stereocenters. The van der Waals surface area contributed by atoms with Crippen molar-refractivity contribution in [1.82, 2.24) is 4.57 Å². The molecule has 1 aromatic heterocycles. The van der Waals surface area contributed by atoms with Gasteiger partial charge in [0.25, 0.3) is 0 Å². The van der Waals surface area contributed by atoms with Crippen molar-refractivity contribution in [2.75, 3.05) is 0 Å². The summed E-state index contributed by atoms with van der Waals surface area (Å²) in [4.78, 5) is 11.5. The molecule has 17 heavy (non-hydrogen) atoms. The quantitative estimate of drug-likeness (QED) is 0.881. The molecule has 0 fully saturated rings. The highest BCUT2D eigenvalue weighted by Crippen LogP contribution is 2.29. The van der Waals surface area contributed by atoms with E-state index in [0.717, 1.165) is 16.5 Å². The van der Waals surface area contributed by atoms with Crippen molar-refractivity contribution in [3.05, 3.63) is 36.0 Å². The first-order valence-corrected chi connectivity index (χ1v) is 5.81. The average Bonchev–Trinajstić information content (AvgIpc) is 2.67. The Morgan fingerprint density at radius 2 is 2.06 bits per heavy atom. The van der Waals surface area contributed by atoms with Gasteiger partial charge in [-0.1, -0.05) is 25.1 Å². The molecule has 1 N–H and O–H groups in total. The lowest BCUT2D eigenvalue weighted by Crippen LogP contribution is -2.37. The molecular formula is C14H17NO2. The van der Waals surface area contributed by atoms with Crippen LogP contribution in [-0.2, 0) is 10.3 Å². The fourth-order valence-electron chi connectivity index (χ4n) is 2.18. The molecule has 0 aliphatic heterocycles. The van der Waals surface area contributed by atoms with Gasteiger partial charge in [-0.3, -0.25) is 0 Å². The van der Waals surface area contributed by atoms with Crippen LogP contribution in [0.2, 0.25) is 0 Å². The topological polar surface area (TPSA) is 42.2 Å². The number of carboxylic acid groups (broad SMARTS) is 1. The monoisotopic (exact) mass is 231 g/mol. The van der Waals surface area contributed by atoms with Crippen LogP contribution in [0.4, 0.5) is 0 Å². The second-order valence-electron chi connectivity index (χ2n) is 4.63. The number of hydrogen-bond acceptors (Lipinski definition) is 1. The molecule has 0 aliphatic carbocycles. The number of para-hydroxylation sites is 1. The summed E-state index contributed by atoms with van der Waals surface area (Å²) in [5.41, 5.74) is 1.21. The number of carbonyl (C=O) groups is 1. The smallest absolute Gasteiger partial charge is 0.329 e. The van der Waals surface area contributed by atoms with E-state index in [9.17, 15) is 9.90 Å². The first kappa shape index (κ1) is 11.7. The summed E-state index contributed by atoms with van der Waals surface area (Å²) in [5, 5.41) is 10.6. The SMILES string of the molecule is CCC(C)(C(=O)O)n1cc(C)c2ccccc21. The van der Waals surface area contributed by atoms with Gasteiger partial charge in [0.05, 0.1) is 0 Å². The molecule has 0 bridgehead atoms. The zero-order valence-corrected chi connectivity index (χ0v) is 10.4. The molecule has 0 saturated heterocycles. The van der Waals surface area contributed by atoms with Gasteiger partial charge in [-0.15, -0.1) is 0 Å². The van der Waals surface area contributed by atoms with Crippen molar-refractivity contribution < 1.29 is 9.90 Å². The summed E-state index contributed by atoms with van der Waals surface area (Å²) in [6.45, 7) is 5.68. The Kier molecular flexibility index (Phi) is 2.69. The Balaban J connectivity index is 2.75. The molecule has 0 radical (unpaired) electrons. The van der Waals surface area contributed by atoms with E-state index in [2.05, 4.69) is 0 Å². The van der Waals surface area contributed by atoms with E-state index in [1.165, 1.54) is 0 Å². The van der Waals surface area contributed by atoms with Crippen LogP contribution in [0.3, 0.4) is 0 Å². The van der Waals surface area contributed by atoms with Crippen molar-refractivity contribution in [3.8, 4) is 0 Å². The zero-order chi connectivity index (χ0) is 12.6. The second kappa shape index (κ2) is 3.91. The highest BCUT2D eigenvalue weighted by Gasteiger charge is 2.34. The van der Waals surface area contributed by atoms with E-state index in [1.807, 2.05) is 48.9 Å². The molecule has 0 amide bonds. The molecule has 0 saturated carbocycles. The number of nitrogens with zero attached hydrogens (tertiary/aromatic N) is 1. The standard InChI is InChI=1S/C14H17NO2/c1-4-14(3,13(16)17)15-9-10(2)11-7-5-6-8-12(11)15/h5-9H,4H2,1-3H3,(H,16,17). The number of fused-ring (bicyclic) bond motifs is 1. The van der Waals surface area contributed by atoms with Gasteiger partial charge in [0.15, 0.2) is 0 Å². The molecule has 1 aromatic carbocycles. The minimum atomic E-state index is -0.881. The van der Waals surface area contributed by atoms with Gasteiger partial charge < -0.3 is 9.67 Å². The molecule has 0 spiro atoms. The van der Waals surface area contributed by atoms with E-state index in [0.29, 0.717) is 6.42 Å². The van der Waals surface area contributed by atoms with Crippen molar-refractivity contribution in [3.63, 3.8) is 0 Å². The third-order valence-corrected chi connectivity index (χ3v) is 3.59. The molecular weight excluding hydrogens is 214 g/mol. The molecule has 90 valence electrons. The summed E-state index contributed by atoms with van der Waals surface area (Å²) in [6.07, 6.45) is 2.49. The van der Waals surface area contributed by atoms with Crippen LogP contribution in [-0.4, -0.2) is 15.6 Å². The summed E-state index contributed by atoms with van der Waals surface area (Å²) >= 11 is 0. The maximum absolute atomic E-state index is 11.5. The van der Waals surface area contributed by atoms with Gasteiger partial charge in [-0.25, -0.2) is 4.79 Å². The molecule has 2 rings (SSSR count). The van der Waals surface area contributed by atoms with Crippen molar-refractivity contribution >= 4 is 16.9 Å². The zero-order valence-electron chi connectivity index (χ0n) is 10.4. The fourth-order valence-corrected chi connectivity index (χ4v) is 2.18. The van der Waals surface area contributed by atoms with E-state index in [4.69, 9.17) is 0 Å². The number of rotatable bonds is 3. The summed E-state index contributed by atoms with van der Waals surface area (Å²) in [5.74, 6) is -0.791. The lowest BCUT2D eigenvalue weighted by Gasteiger charge is -2.26. The normalized spacial score (nSPS) is 14.8. The third kappa shape index (κ3) is 1.62. The minimum Gasteiger partial charge on any atom is -0.479 e. The number of aryl methyl sites for hydroxylation is 1. The van der Waals surface area contributed by atoms with E-state index < -0.39 is 11.5 Å². The molecule has 0 aliphatic rings. The van der Waals surface area contributed by atoms with Gasteiger partial charge in [0.2, 0.25) is 0 Å². The predicted molar refractivity (Wildman–Crippen MR) is 68.2 cm³/mol. The van der Waals surface area contributed by atoms with Crippen LogP contribution in [0.25, 0.3) is 10.9 Å². The average molecular weight is 231 g/mol. The van der Waals surface area contributed by atoms with Crippen LogP contribution in [0.1, 0.15) is 25.8 Å². The van der Waals surface area contributed by atoms with E-state index in [1.54, 1.807) is 6.92 Å². The van der Waals surface area contributed by atoms with Crippen molar-refractivity contribution in [2.45, 2.75) is 32.7 Å². The van der Waals surface area contributed by atoms with Crippen LogP contribution in [0.5, 0.6) is 0 Å². The molecule has 2 aromatic rings. The largest absolute Gasteiger partial charge is 0.479 e. The fraction of sp³-hybridized carbons (Fsp3) is 0.357. The van der Waals surface area contributed by atoms with Gasteiger partial charge >= 0.3 is 5.97 Å². The first-order valence-electron chi connectivity index (χ1n) is 5.81. The Morgan fingerprint density at radius 3 is 2.65 bits per heavy atom. The van der Waals surface area contributed by atoms with Gasteiger partial charge in [-0.05, 0) is 31.9 Å².